The van der Waals surface area contributed by atoms with Gasteiger partial charge in [0.05, 0.1) is 23.7 Å². The molecular weight excluding hydrogens is 507 g/mol. The van der Waals surface area contributed by atoms with Crippen LogP contribution in [0.1, 0.15) is 6.42 Å². The van der Waals surface area contributed by atoms with Crippen molar-refractivity contribution in [2.24, 2.45) is 5.92 Å². The van der Waals surface area contributed by atoms with E-state index in [1.807, 2.05) is 12.1 Å². The number of esters is 1. The van der Waals surface area contributed by atoms with E-state index in [1.165, 1.54) is 11.0 Å². The van der Waals surface area contributed by atoms with E-state index in [0.717, 1.165) is 0 Å². The van der Waals surface area contributed by atoms with Crippen LogP contribution in [0, 0.1) is 5.92 Å². The zero-order valence-corrected chi connectivity index (χ0v) is 20.7. The zero-order chi connectivity index (χ0) is 25.7. The summed E-state index contributed by atoms with van der Waals surface area (Å²) in [5.74, 6) is -0.378. The molecule has 0 unspecified atom stereocenters. The van der Waals surface area contributed by atoms with Crippen molar-refractivity contribution in [3.05, 3.63) is 76.8 Å². The highest BCUT2D eigenvalue weighted by Crippen LogP contribution is 2.33. The van der Waals surface area contributed by atoms with Crippen molar-refractivity contribution >= 4 is 52.4 Å². The number of carbonyl (C=O) groups is 3. The number of carbonyl (C=O) groups excluding carboxylic acids is 3. The highest BCUT2D eigenvalue weighted by Gasteiger charge is 2.36. The molecule has 0 radical (unpaired) electrons. The van der Waals surface area contributed by atoms with Gasteiger partial charge in [-0.3, -0.25) is 14.4 Å². The molecule has 0 aliphatic carbocycles. The van der Waals surface area contributed by atoms with Gasteiger partial charge < -0.3 is 24.4 Å². The van der Waals surface area contributed by atoms with Gasteiger partial charge in [-0.25, -0.2) is 0 Å². The van der Waals surface area contributed by atoms with Crippen LogP contribution in [0.25, 0.3) is 0 Å². The molecule has 1 atom stereocenters. The Kier molecular flexibility index (Phi) is 7.97. The minimum atomic E-state index is -0.690. The monoisotopic (exact) mass is 528 g/mol. The van der Waals surface area contributed by atoms with Crippen molar-refractivity contribution in [1.82, 2.24) is 0 Å². The maximum atomic E-state index is 12.6. The molecule has 36 heavy (non-hydrogen) atoms. The molecule has 10 heteroatoms. The Morgan fingerprint density at radius 1 is 1.03 bits per heavy atom. The fourth-order valence-electron chi connectivity index (χ4n) is 3.67. The molecule has 4 rings (SSSR count). The second-order valence-corrected chi connectivity index (χ2v) is 8.78. The van der Waals surface area contributed by atoms with E-state index < -0.39 is 24.4 Å². The lowest BCUT2D eigenvalue weighted by molar-refractivity contribution is -0.151. The summed E-state index contributed by atoms with van der Waals surface area (Å²) >= 11 is 11.9. The van der Waals surface area contributed by atoms with Gasteiger partial charge >= 0.3 is 5.97 Å². The molecule has 3 aromatic carbocycles. The smallest absolute Gasteiger partial charge is 0.311 e. The summed E-state index contributed by atoms with van der Waals surface area (Å²) in [4.78, 5) is 38.7. The minimum absolute atomic E-state index is 0.0138. The van der Waals surface area contributed by atoms with E-state index in [2.05, 4.69) is 5.32 Å². The molecule has 8 nitrogen and oxygen atoms in total. The number of hydrogen-bond acceptors (Lipinski definition) is 6. The van der Waals surface area contributed by atoms with Crippen LogP contribution < -0.4 is 19.7 Å². The molecule has 3 aromatic rings. The van der Waals surface area contributed by atoms with Crippen LogP contribution in [0.5, 0.6) is 17.2 Å². The van der Waals surface area contributed by atoms with Crippen molar-refractivity contribution < 1.29 is 28.6 Å². The third kappa shape index (κ3) is 6.08. The third-order valence-corrected chi connectivity index (χ3v) is 6.02. The quantitative estimate of drug-likeness (QED) is 0.397. The highest BCUT2D eigenvalue weighted by atomic mass is 35.5. The maximum absolute atomic E-state index is 12.6. The SMILES string of the molecule is COc1ccccc1Oc1ccc(N2C[C@@H](C(=O)OCC(=O)Nc3cc(Cl)ccc3Cl)CC2=O)cc1. The number of hydrogen-bond donors (Lipinski definition) is 1. The van der Waals surface area contributed by atoms with Crippen molar-refractivity contribution in [2.75, 3.05) is 30.5 Å². The Hall–Kier alpha value is -3.75. The summed E-state index contributed by atoms with van der Waals surface area (Å²) in [6.45, 7) is -0.368. The summed E-state index contributed by atoms with van der Waals surface area (Å²) in [5.41, 5.74) is 0.932. The molecule has 1 fully saturated rings. The second-order valence-electron chi connectivity index (χ2n) is 7.93. The van der Waals surface area contributed by atoms with E-state index >= 15 is 0 Å². The largest absolute Gasteiger partial charge is 0.493 e. The summed E-state index contributed by atoms with van der Waals surface area (Å²) in [6, 6.07) is 18.8. The number of nitrogens with zero attached hydrogens (tertiary/aromatic N) is 1. The van der Waals surface area contributed by atoms with E-state index in [1.54, 1.807) is 55.6 Å². The normalized spacial score (nSPS) is 14.9. The molecular formula is C26H22Cl2N2O6. The van der Waals surface area contributed by atoms with E-state index in [9.17, 15) is 14.4 Å². The van der Waals surface area contributed by atoms with Gasteiger partial charge in [0.2, 0.25) is 5.91 Å². The first kappa shape index (κ1) is 25.3. The first-order valence-electron chi connectivity index (χ1n) is 11.0. The number of benzene rings is 3. The fourth-order valence-corrected chi connectivity index (χ4v) is 4.01. The summed E-state index contributed by atoms with van der Waals surface area (Å²) in [5, 5.41) is 3.24. The van der Waals surface area contributed by atoms with Crippen molar-refractivity contribution in [3.8, 4) is 17.2 Å². The van der Waals surface area contributed by atoms with Crippen molar-refractivity contribution in [1.29, 1.82) is 0 Å². The molecule has 1 N–H and O–H groups in total. The minimum Gasteiger partial charge on any atom is -0.493 e. The predicted molar refractivity (Wildman–Crippen MR) is 136 cm³/mol. The molecule has 1 saturated heterocycles. The van der Waals surface area contributed by atoms with Crippen molar-refractivity contribution in [2.45, 2.75) is 6.42 Å². The lowest BCUT2D eigenvalue weighted by atomic mass is 10.1. The molecule has 0 saturated carbocycles. The average Bonchev–Trinajstić information content (AvgIpc) is 3.27. The van der Waals surface area contributed by atoms with Crippen molar-refractivity contribution in [3.63, 3.8) is 0 Å². The second kappa shape index (κ2) is 11.3. The Morgan fingerprint density at radius 2 is 1.75 bits per heavy atom. The number of rotatable bonds is 8. The number of methoxy groups -OCH3 is 1. The van der Waals surface area contributed by atoms with Gasteiger partial charge in [0, 0.05) is 23.7 Å². The summed E-state index contributed by atoms with van der Waals surface area (Å²) in [6.07, 6.45) is -0.0138. The van der Waals surface area contributed by atoms with Crippen LogP contribution >= 0.6 is 23.2 Å². The van der Waals surface area contributed by atoms with Crippen LogP contribution in [-0.4, -0.2) is 38.0 Å². The van der Waals surface area contributed by atoms with Crippen LogP contribution in [0.15, 0.2) is 66.7 Å². The van der Waals surface area contributed by atoms with Crippen LogP contribution in [0.4, 0.5) is 11.4 Å². The fraction of sp³-hybridized carbons (Fsp3) is 0.192. The van der Waals surface area contributed by atoms with Gasteiger partial charge in [-0.15, -0.1) is 0 Å². The number of para-hydroxylation sites is 2. The molecule has 186 valence electrons. The lowest BCUT2D eigenvalue weighted by Gasteiger charge is -2.17. The first-order valence-corrected chi connectivity index (χ1v) is 11.7. The molecule has 0 bridgehead atoms. The van der Waals surface area contributed by atoms with Gasteiger partial charge in [-0.2, -0.15) is 0 Å². The van der Waals surface area contributed by atoms with E-state index in [0.29, 0.717) is 38.7 Å². The van der Waals surface area contributed by atoms with Crippen LogP contribution in [-0.2, 0) is 19.1 Å². The predicted octanol–water partition coefficient (Wildman–Crippen LogP) is 5.33. The standard InChI is InChI=1S/C26H22Cl2N2O6/c1-34-22-4-2-3-5-23(22)36-19-9-7-18(8-10-19)30-14-16(12-25(30)32)26(33)35-15-24(31)29-21-13-17(27)6-11-20(21)28/h2-11,13,16H,12,14-15H2,1H3,(H,29,31)/t16-/m0/s1. The molecule has 0 aromatic heterocycles. The molecule has 2 amide bonds. The number of halogens is 2. The van der Waals surface area contributed by atoms with Gasteiger partial charge in [-0.05, 0) is 54.6 Å². The Labute approximate surface area is 217 Å². The first-order chi connectivity index (χ1) is 17.3. The summed E-state index contributed by atoms with van der Waals surface area (Å²) in [7, 11) is 1.56. The Balaban J connectivity index is 1.31. The van der Waals surface area contributed by atoms with E-state index in [-0.39, 0.29) is 18.9 Å². The number of anilines is 2. The molecule has 1 heterocycles. The summed E-state index contributed by atoms with van der Waals surface area (Å²) < 4.78 is 16.3. The number of ether oxygens (including phenoxy) is 3. The third-order valence-electron chi connectivity index (χ3n) is 5.45. The molecule has 0 spiro atoms. The van der Waals surface area contributed by atoms with Gasteiger partial charge in [0.1, 0.15) is 5.75 Å². The van der Waals surface area contributed by atoms with Crippen LogP contribution in [0.3, 0.4) is 0 Å². The molecule has 1 aliphatic rings. The number of nitrogens with one attached hydrogen (secondary N) is 1. The van der Waals surface area contributed by atoms with Gasteiger partial charge in [0.15, 0.2) is 18.1 Å². The Bertz CT molecular complexity index is 1280. The topological polar surface area (TPSA) is 94.2 Å². The van der Waals surface area contributed by atoms with Gasteiger partial charge in [0.25, 0.3) is 5.91 Å². The Morgan fingerprint density at radius 3 is 2.47 bits per heavy atom. The maximum Gasteiger partial charge on any atom is 0.311 e. The van der Waals surface area contributed by atoms with E-state index in [4.69, 9.17) is 37.4 Å². The number of amides is 2. The zero-order valence-electron chi connectivity index (χ0n) is 19.2. The van der Waals surface area contributed by atoms with Crippen LogP contribution in [0.2, 0.25) is 10.0 Å². The average molecular weight is 529 g/mol. The molecule has 1 aliphatic heterocycles. The van der Waals surface area contributed by atoms with Gasteiger partial charge in [-0.1, -0.05) is 35.3 Å². The lowest BCUT2D eigenvalue weighted by Crippen LogP contribution is -2.28. The highest BCUT2D eigenvalue weighted by molar-refractivity contribution is 6.35.